The Kier molecular flexibility index (Phi) is 4.45. The number of rotatable bonds is 4. The van der Waals surface area contributed by atoms with E-state index >= 15 is 0 Å². The lowest BCUT2D eigenvalue weighted by Gasteiger charge is -2.37. The number of benzene rings is 1. The van der Waals surface area contributed by atoms with E-state index in [0.717, 1.165) is 48.3 Å². The van der Waals surface area contributed by atoms with Gasteiger partial charge in [0.1, 0.15) is 0 Å². The van der Waals surface area contributed by atoms with Crippen LogP contribution in [0.15, 0.2) is 30.3 Å². The largest absolute Gasteiger partial charge is 0.492 e. The fourth-order valence-electron chi connectivity index (χ4n) is 3.36. The van der Waals surface area contributed by atoms with E-state index in [1.54, 1.807) is 15.9 Å². The predicted octanol–water partition coefficient (Wildman–Crippen LogP) is 2.40. The maximum absolute atomic E-state index is 10.8. The summed E-state index contributed by atoms with van der Waals surface area (Å²) in [6.45, 7) is 6.04. The van der Waals surface area contributed by atoms with E-state index in [9.17, 15) is 5.11 Å². The second-order valence-electron chi connectivity index (χ2n) is 6.52. The molecule has 3 heterocycles. The molecular weight excluding hydrogens is 334 g/mol. The summed E-state index contributed by atoms with van der Waals surface area (Å²) in [4.78, 5) is 11.0. The first-order valence-corrected chi connectivity index (χ1v) is 9.54. The molecule has 1 fully saturated rings. The molecule has 1 aliphatic heterocycles. The predicted molar refractivity (Wildman–Crippen MR) is 99.3 cm³/mol. The van der Waals surface area contributed by atoms with Crippen LogP contribution in [0.1, 0.15) is 29.2 Å². The molecule has 1 N–H and O–H groups in total. The minimum atomic E-state index is 0.0356. The lowest BCUT2D eigenvalue weighted by atomic mass is 10.0. The number of aromatic nitrogens is 3. The van der Waals surface area contributed by atoms with E-state index in [4.69, 9.17) is 0 Å². The van der Waals surface area contributed by atoms with Crippen molar-refractivity contribution in [1.29, 1.82) is 0 Å². The Morgan fingerprint density at radius 1 is 1.16 bits per heavy atom. The molecular formula is C18H23N5OS. The number of fused-ring (bicyclic) bond motifs is 1. The van der Waals surface area contributed by atoms with Crippen LogP contribution in [0.3, 0.4) is 0 Å². The van der Waals surface area contributed by atoms with Gasteiger partial charge in [-0.05, 0) is 12.6 Å². The molecule has 2 aromatic heterocycles. The molecule has 3 aromatic rings. The molecule has 0 spiro atoms. The van der Waals surface area contributed by atoms with Gasteiger partial charge in [0, 0.05) is 32.6 Å². The van der Waals surface area contributed by atoms with Gasteiger partial charge in [0.05, 0.1) is 10.9 Å². The van der Waals surface area contributed by atoms with Crippen LogP contribution < -0.4 is 0 Å². The molecule has 6 nitrogen and oxygen atoms in total. The summed E-state index contributed by atoms with van der Waals surface area (Å²) in [7, 11) is 2.15. The molecule has 7 heteroatoms. The molecule has 0 saturated carbocycles. The van der Waals surface area contributed by atoms with Crippen LogP contribution >= 0.6 is 11.3 Å². The van der Waals surface area contributed by atoms with Crippen molar-refractivity contribution in [2.24, 2.45) is 0 Å². The van der Waals surface area contributed by atoms with E-state index in [0.29, 0.717) is 0 Å². The first-order valence-electron chi connectivity index (χ1n) is 8.72. The highest BCUT2D eigenvalue weighted by atomic mass is 32.1. The maximum Gasteiger partial charge on any atom is 0.230 e. The van der Waals surface area contributed by atoms with Gasteiger partial charge in [-0.2, -0.15) is 4.52 Å². The smallest absolute Gasteiger partial charge is 0.230 e. The Bertz CT molecular complexity index is 851. The van der Waals surface area contributed by atoms with E-state index in [1.807, 2.05) is 13.0 Å². The Hall–Kier alpha value is -1.96. The monoisotopic (exact) mass is 357 g/mol. The van der Waals surface area contributed by atoms with Crippen LogP contribution in [-0.2, 0) is 6.42 Å². The number of aromatic hydroxyl groups is 1. The maximum atomic E-state index is 10.8. The van der Waals surface area contributed by atoms with Gasteiger partial charge in [0.15, 0.2) is 5.82 Å². The minimum absolute atomic E-state index is 0.0356. The number of hydrogen-bond donors (Lipinski definition) is 1. The van der Waals surface area contributed by atoms with Crippen LogP contribution in [0.25, 0.3) is 4.96 Å². The first-order chi connectivity index (χ1) is 12.2. The van der Waals surface area contributed by atoms with Gasteiger partial charge < -0.3 is 10.0 Å². The number of piperazine rings is 1. The number of aryl methyl sites for hydroxylation is 1. The molecule has 0 unspecified atom stereocenters. The van der Waals surface area contributed by atoms with Crippen molar-refractivity contribution < 1.29 is 5.11 Å². The second-order valence-corrected chi connectivity index (χ2v) is 7.53. The first kappa shape index (κ1) is 16.5. The third-order valence-corrected chi connectivity index (χ3v) is 5.90. The Morgan fingerprint density at radius 2 is 1.88 bits per heavy atom. The van der Waals surface area contributed by atoms with Gasteiger partial charge in [0.25, 0.3) is 0 Å². The molecule has 25 heavy (non-hydrogen) atoms. The standard InChI is InChI=1S/C18H23N5OS/c1-3-14-19-18-23(20-14)17(24)16(25-18)15(13-7-5-4-6-8-13)22-11-9-21(2)10-12-22/h4-8,15,24H,3,9-12H2,1-2H3/t15-/m1/s1. The summed E-state index contributed by atoms with van der Waals surface area (Å²) in [6, 6.07) is 10.4. The average molecular weight is 357 g/mol. The van der Waals surface area contributed by atoms with Crippen LogP contribution in [-0.4, -0.2) is 62.7 Å². The molecule has 0 aliphatic carbocycles. The number of nitrogens with zero attached hydrogens (tertiary/aromatic N) is 5. The van der Waals surface area contributed by atoms with Crippen LogP contribution in [0.2, 0.25) is 0 Å². The van der Waals surface area contributed by atoms with Gasteiger partial charge in [-0.1, -0.05) is 48.6 Å². The topological polar surface area (TPSA) is 56.9 Å². The van der Waals surface area contributed by atoms with Crippen LogP contribution in [0.4, 0.5) is 0 Å². The zero-order chi connectivity index (χ0) is 17.4. The molecule has 4 rings (SSSR count). The van der Waals surface area contributed by atoms with Crippen molar-refractivity contribution in [2.75, 3.05) is 33.2 Å². The number of thiazole rings is 1. The van der Waals surface area contributed by atoms with Crippen LogP contribution in [0, 0.1) is 0 Å². The van der Waals surface area contributed by atoms with Crippen molar-refractivity contribution in [3.8, 4) is 5.88 Å². The Balaban J connectivity index is 1.78. The lowest BCUT2D eigenvalue weighted by molar-refractivity contribution is 0.127. The molecule has 0 bridgehead atoms. The van der Waals surface area contributed by atoms with Gasteiger partial charge in [-0.3, -0.25) is 4.90 Å². The lowest BCUT2D eigenvalue weighted by Crippen LogP contribution is -2.46. The quantitative estimate of drug-likeness (QED) is 0.777. The third kappa shape index (κ3) is 3.03. The van der Waals surface area contributed by atoms with Gasteiger partial charge in [-0.25, -0.2) is 4.98 Å². The average Bonchev–Trinajstić information content (AvgIpc) is 3.18. The summed E-state index contributed by atoms with van der Waals surface area (Å²) in [5.74, 6) is 0.990. The highest BCUT2D eigenvalue weighted by Gasteiger charge is 2.30. The highest BCUT2D eigenvalue weighted by molar-refractivity contribution is 7.17. The number of hydrogen-bond acceptors (Lipinski definition) is 6. The summed E-state index contributed by atoms with van der Waals surface area (Å²) in [5.41, 5.74) is 1.20. The van der Waals surface area contributed by atoms with Crippen molar-refractivity contribution in [1.82, 2.24) is 24.4 Å². The van der Waals surface area contributed by atoms with E-state index in [1.165, 1.54) is 5.56 Å². The Morgan fingerprint density at radius 3 is 2.52 bits per heavy atom. The normalized spacial score (nSPS) is 18.0. The Labute approximate surface area is 151 Å². The number of likely N-dealkylation sites (N-methyl/N-ethyl adjacent to an activating group) is 1. The molecule has 1 aromatic carbocycles. The molecule has 0 amide bonds. The van der Waals surface area contributed by atoms with Crippen molar-refractivity contribution >= 4 is 16.3 Å². The van der Waals surface area contributed by atoms with E-state index in [-0.39, 0.29) is 11.9 Å². The zero-order valence-corrected chi connectivity index (χ0v) is 15.4. The van der Waals surface area contributed by atoms with Gasteiger partial charge in [-0.15, -0.1) is 5.10 Å². The molecule has 132 valence electrons. The molecule has 0 radical (unpaired) electrons. The highest BCUT2D eigenvalue weighted by Crippen LogP contribution is 2.40. The SMILES string of the molecule is CCc1nc2sc([C@@H](c3ccccc3)N3CCN(C)CC3)c(O)n2n1. The van der Waals surface area contributed by atoms with Gasteiger partial charge >= 0.3 is 0 Å². The third-order valence-electron chi connectivity index (χ3n) is 4.83. The fraction of sp³-hybridized carbons (Fsp3) is 0.444. The summed E-state index contributed by atoms with van der Waals surface area (Å²) in [5, 5.41) is 15.3. The molecule has 1 atom stereocenters. The summed E-state index contributed by atoms with van der Waals surface area (Å²) < 4.78 is 1.59. The minimum Gasteiger partial charge on any atom is -0.492 e. The van der Waals surface area contributed by atoms with E-state index < -0.39 is 0 Å². The molecule has 1 aliphatic rings. The second kappa shape index (κ2) is 6.74. The van der Waals surface area contributed by atoms with Crippen molar-refractivity contribution in [2.45, 2.75) is 19.4 Å². The van der Waals surface area contributed by atoms with Crippen molar-refractivity contribution in [3.05, 3.63) is 46.6 Å². The van der Waals surface area contributed by atoms with Crippen molar-refractivity contribution in [3.63, 3.8) is 0 Å². The zero-order valence-electron chi connectivity index (χ0n) is 14.6. The van der Waals surface area contributed by atoms with Gasteiger partial charge in [0.2, 0.25) is 10.8 Å². The van der Waals surface area contributed by atoms with E-state index in [2.05, 4.69) is 51.2 Å². The summed E-state index contributed by atoms with van der Waals surface area (Å²) >= 11 is 1.54. The molecule has 1 saturated heterocycles. The fourth-order valence-corrected chi connectivity index (χ4v) is 4.50. The summed E-state index contributed by atoms with van der Waals surface area (Å²) in [6.07, 6.45) is 0.768. The van der Waals surface area contributed by atoms with Crippen LogP contribution in [0.5, 0.6) is 5.88 Å².